The molecule has 2 rings (SSSR count). The Morgan fingerprint density at radius 1 is 1.56 bits per heavy atom. The van der Waals surface area contributed by atoms with Crippen LogP contribution in [0.4, 0.5) is 10.5 Å². The van der Waals surface area contributed by atoms with Crippen LogP contribution >= 0.6 is 15.9 Å². The number of hydrogen-bond acceptors (Lipinski definition) is 2. The van der Waals surface area contributed by atoms with Crippen molar-refractivity contribution >= 4 is 27.6 Å². The van der Waals surface area contributed by atoms with Crippen molar-refractivity contribution in [2.75, 3.05) is 18.4 Å². The van der Waals surface area contributed by atoms with E-state index in [0.717, 1.165) is 28.6 Å². The van der Waals surface area contributed by atoms with Gasteiger partial charge in [0.25, 0.3) is 0 Å². The number of piperidine rings is 1. The third-order valence-corrected chi connectivity index (χ3v) is 3.71. The molecule has 1 saturated heterocycles. The van der Waals surface area contributed by atoms with E-state index in [1.165, 1.54) is 0 Å². The maximum Gasteiger partial charge on any atom is 0.321 e. The molecule has 2 amide bonds. The Balaban J connectivity index is 2.02. The van der Waals surface area contributed by atoms with Gasteiger partial charge in [0.15, 0.2) is 0 Å². The Kier molecular flexibility index (Phi) is 4.24. The maximum absolute atomic E-state index is 12.0. The normalized spacial score (nSPS) is 19.7. The monoisotopic (exact) mass is 312 g/mol. The lowest BCUT2D eigenvalue weighted by Gasteiger charge is -2.30. The number of rotatable bonds is 1. The summed E-state index contributed by atoms with van der Waals surface area (Å²) < 4.78 is 0.869. The Morgan fingerprint density at radius 3 is 3.00 bits per heavy atom. The summed E-state index contributed by atoms with van der Waals surface area (Å²) in [6, 6.07) is 5.63. The molecule has 0 radical (unpaired) electrons. The van der Waals surface area contributed by atoms with E-state index >= 15 is 0 Å². The zero-order valence-corrected chi connectivity index (χ0v) is 11.9. The van der Waals surface area contributed by atoms with Crippen LogP contribution in [0.25, 0.3) is 0 Å². The van der Waals surface area contributed by atoms with Crippen molar-refractivity contribution in [3.05, 3.63) is 28.2 Å². The van der Waals surface area contributed by atoms with Gasteiger partial charge in [0, 0.05) is 17.6 Å². The second kappa shape index (κ2) is 5.71. The number of anilines is 1. The van der Waals surface area contributed by atoms with Gasteiger partial charge >= 0.3 is 6.03 Å². The second-order valence-electron chi connectivity index (χ2n) is 4.66. The van der Waals surface area contributed by atoms with Crippen molar-refractivity contribution in [2.45, 2.75) is 25.9 Å². The quantitative estimate of drug-likeness (QED) is 0.837. The molecule has 0 unspecified atom stereocenters. The van der Waals surface area contributed by atoms with E-state index < -0.39 is 6.10 Å². The number of aryl methyl sites for hydroxylation is 1. The van der Waals surface area contributed by atoms with Gasteiger partial charge in [0.2, 0.25) is 0 Å². The minimum absolute atomic E-state index is 0.154. The largest absolute Gasteiger partial charge is 0.391 e. The molecule has 1 aromatic carbocycles. The van der Waals surface area contributed by atoms with Crippen molar-refractivity contribution < 1.29 is 9.90 Å². The number of amides is 2. The summed E-state index contributed by atoms with van der Waals surface area (Å²) in [5.41, 5.74) is 1.89. The van der Waals surface area contributed by atoms with Gasteiger partial charge in [-0.15, -0.1) is 0 Å². The number of halogens is 1. The Bertz CT molecular complexity index is 451. The highest BCUT2D eigenvalue weighted by molar-refractivity contribution is 9.10. The van der Waals surface area contributed by atoms with Crippen LogP contribution in [0.5, 0.6) is 0 Å². The summed E-state index contributed by atoms with van der Waals surface area (Å²) in [5, 5.41) is 12.4. The van der Waals surface area contributed by atoms with Crippen LogP contribution in [-0.4, -0.2) is 35.2 Å². The third-order valence-electron chi connectivity index (χ3n) is 3.05. The topological polar surface area (TPSA) is 52.6 Å². The van der Waals surface area contributed by atoms with Gasteiger partial charge < -0.3 is 15.3 Å². The molecule has 0 spiro atoms. The van der Waals surface area contributed by atoms with Crippen molar-refractivity contribution in [3.8, 4) is 0 Å². The first-order valence-electron chi connectivity index (χ1n) is 6.06. The van der Waals surface area contributed by atoms with Gasteiger partial charge in [-0.25, -0.2) is 4.79 Å². The van der Waals surface area contributed by atoms with Crippen LogP contribution in [0.3, 0.4) is 0 Å². The number of nitrogens with zero attached hydrogens (tertiary/aromatic N) is 1. The van der Waals surface area contributed by atoms with E-state index in [9.17, 15) is 9.90 Å². The number of carbonyl (C=O) groups is 1. The van der Waals surface area contributed by atoms with Crippen molar-refractivity contribution in [1.29, 1.82) is 0 Å². The van der Waals surface area contributed by atoms with Crippen molar-refractivity contribution in [1.82, 2.24) is 4.90 Å². The number of likely N-dealkylation sites (tertiary alicyclic amines) is 1. The lowest BCUT2D eigenvalue weighted by Crippen LogP contribution is -2.44. The van der Waals surface area contributed by atoms with Gasteiger partial charge in [-0.05, 0) is 53.4 Å². The zero-order chi connectivity index (χ0) is 13.1. The van der Waals surface area contributed by atoms with Crippen LogP contribution in [0, 0.1) is 6.92 Å². The number of carbonyl (C=O) groups excluding carboxylic acids is 1. The van der Waals surface area contributed by atoms with Crippen molar-refractivity contribution in [2.24, 2.45) is 0 Å². The second-order valence-corrected chi connectivity index (χ2v) is 5.51. The maximum atomic E-state index is 12.0. The highest BCUT2D eigenvalue weighted by Gasteiger charge is 2.22. The summed E-state index contributed by atoms with van der Waals surface area (Å²) in [6.07, 6.45) is 1.23. The summed E-state index contributed by atoms with van der Waals surface area (Å²) in [4.78, 5) is 13.7. The number of β-amino-alcohol motifs (C(OH)–C–C–N with tert-alkyl or cyclic N) is 1. The minimum Gasteiger partial charge on any atom is -0.391 e. The number of nitrogens with one attached hydrogen (secondary N) is 1. The molecule has 4 nitrogen and oxygen atoms in total. The van der Waals surface area contributed by atoms with Gasteiger partial charge in [-0.3, -0.25) is 0 Å². The van der Waals surface area contributed by atoms with Gasteiger partial charge in [0.1, 0.15) is 0 Å². The van der Waals surface area contributed by atoms with Crippen LogP contribution < -0.4 is 5.32 Å². The summed E-state index contributed by atoms with van der Waals surface area (Å²) in [5.74, 6) is 0. The van der Waals surface area contributed by atoms with E-state index in [0.29, 0.717) is 13.1 Å². The predicted octanol–water partition coefficient (Wildman–Crippen LogP) is 2.75. The summed E-state index contributed by atoms with van der Waals surface area (Å²) >= 11 is 3.43. The highest BCUT2D eigenvalue weighted by atomic mass is 79.9. The predicted molar refractivity (Wildman–Crippen MR) is 74.7 cm³/mol. The summed E-state index contributed by atoms with van der Waals surface area (Å²) in [6.45, 7) is 3.11. The number of benzene rings is 1. The molecule has 1 aliphatic heterocycles. The van der Waals surface area contributed by atoms with Gasteiger partial charge in [0.05, 0.1) is 11.8 Å². The molecule has 0 bridgehead atoms. The van der Waals surface area contributed by atoms with E-state index in [-0.39, 0.29) is 6.03 Å². The lowest BCUT2D eigenvalue weighted by atomic mass is 10.1. The summed E-state index contributed by atoms with van der Waals surface area (Å²) in [7, 11) is 0. The number of urea groups is 1. The van der Waals surface area contributed by atoms with E-state index in [2.05, 4.69) is 21.2 Å². The fourth-order valence-electron chi connectivity index (χ4n) is 2.05. The SMILES string of the molecule is Cc1ccc(NC(=O)N2CCC[C@H](O)C2)c(Br)c1. The fraction of sp³-hybridized carbons (Fsp3) is 0.462. The Labute approximate surface area is 115 Å². The molecule has 1 aromatic rings. The molecule has 5 heteroatoms. The first-order valence-corrected chi connectivity index (χ1v) is 6.85. The van der Waals surface area contributed by atoms with Crippen LogP contribution in [0.1, 0.15) is 18.4 Å². The highest BCUT2D eigenvalue weighted by Crippen LogP contribution is 2.24. The standard InChI is InChI=1S/C13H17BrN2O2/c1-9-4-5-12(11(14)7-9)15-13(18)16-6-2-3-10(17)8-16/h4-5,7,10,17H,2-3,6,8H2,1H3,(H,15,18)/t10-/m0/s1. The molecular formula is C13H17BrN2O2. The van der Waals surface area contributed by atoms with E-state index in [4.69, 9.17) is 0 Å². The fourth-order valence-corrected chi connectivity index (χ4v) is 2.65. The molecule has 98 valence electrons. The first kappa shape index (κ1) is 13.4. The molecule has 18 heavy (non-hydrogen) atoms. The van der Waals surface area contributed by atoms with Crippen molar-refractivity contribution in [3.63, 3.8) is 0 Å². The van der Waals surface area contributed by atoms with Crippen LogP contribution in [-0.2, 0) is 0 Å². The molecule has 1 fully saturated rings. The number of aliphatic hydroxyl groups excluding tert-OH is 1. The van der Waals surface area contributed by atoms with Crippen LogP contribution in [0.2, 0.25) is 0 Å². The molecule has 1 atom stereocenters. The molecule has 1 aliphatic rings. The van der Waals surface area contributed by atoms with Crippen LogP contribution in [0.15, 0.2) is 22.7 Å². The lowest BCUT2D eigenvalue weighted by molar-refractivity contribution is 0.0883. The molecule has 2 N–H and O–H groups in total. The Hall–Kier alpha value is -1.07. The molecule has 0 saturated carbocycles. The third kappa shape index (κ3) is 3.23. The zero-order valence-electron chi connectivity index (χ0n) is 10.3. The first-order chi connectivity index (χ1) is 8.56. The average molecular weight is 313 g/mol. The van der Waals surface area contributed by atoms with E-state index in [1.807, 2.05) is 25.1 Å². The molecule has 0 aromatic heterocycles. The van der Waals surface area contributed by atoms with E-state index in [1.54, 1.807) is 4.90 Å². The van der Waals surface area contributed by atoms with Gasteiger partial charge in [-0.1, -0.05) is 6.07 Å². The number of aliphatic hydroxyl groups is 1. The molecular weight excluding hydrogens is 296 g/mol. The average Bonchev–Trinajstić information content (AvgIpc) is 2.32. The Morgan fingerprint density at radius 2 is 2.33 bits per heavy atom. The molecule has 1 heterocycles. The minimum atomic E-state index is -0.397. The smallest absolute Gasteiger partial charge is 0.321 e. The molecule has 0 aliphatic carbocycles. The van der Waals surface area contributed by atoms with Gasteiger partial charge in [-0.2, -0.15) is 0 Å². The number of hydrogen-bond donors (Lipinski definition) is 2.